The highest BCUT2D eigenvalue weighted by Crippen LogP contribution is 2.05. The summed E-state index contributed by atoms with van der Waals surface area (Å²) in [5, 5.41) is 7.60. The molecule has 0 fully saturated rings. The van der Waals surface area contributed by atoms with Crippen molar-refractivity contribution in [2.24, 2.45) is 0 Å². The van der Waals surface area contributed by atoms with Crippen LogP contribution in [0.3, 0.4) is 0 Å². The summed E-state index contributed by atoms with van der Waals surface area (Å²) in [7, 11) is 0. The number of aromatic nitrogens is 2. The quantitative estimate of drug-likeness (QED) is 0.437. The Bertz CT molecular complexity index is 224. The van der Waals surface area contributed by atoms with E-state index in [9.17, 15) is 0 Å². The third-order valence-corrected chi connectivity index (χ3v) is 1.57. The Hall–Kier alpha value is -0.610. The Labute approximate surface area is 75.6 Å². The Kier molecular flexibility index (Phi) is 4.81. The number of rotatable bonds is 2. The van der Waals surface area contributed by atoms with Gasteiger partial charge in [0.05, 0.1) is 0 Å². The van der Waals surface area contributed by atoms with Crippen LogP contribution in [0.15, 0.2) is 17.6 Å². The first kappa shape index (κ1) is 10.4. The van der Waals surface area contributed by atoms with E-state index in [0.717, 1.165) is 10.7 Å². The second-order valence-corrected chi connectivity index (χ2v) is 2.42. The fourth-order valence-electron chi connectivity index (χ4n) is 0.506. The zero-order chi connectivity index (χ0) is 7.40. The van der Waals surface area contributed by atoms with Crippen LogP contribution in [0.1, 0.15) is 5.56 Å². The average Bonchev–Trinajstić information content (AvgIpc) is 2.05. The molecule has 1 aromatic heterocycles. The molecule has 0 spiro atoms. The molecule has 0 amide bonds. The van der Waals surface area contributed by atoms with Crippen molar-refractivity contribution >= 4 is 30.4 Å². The number of hydrogen-bond acceptors (Lipinski definition) is 4. The Morgan fingerprint density at radius 1 is 1.45 bits per heavy atom. The maximum absolute atomic E-state index is 6.86. The minimum absolute atomic E-state index is 0. The molecule has 1 aromatic rings. The topological polar surface area (TPSA) is 49.6 Å². The summed E-state index contributed by atoms with van der Waals surface area (Å²) in [6.07, 6.45) is 6.40. The van der Waals surface area contributed by atoms with Gasteiger partial charge in [0.2, 0.25) is 0 Å². The minimum Gasteiger partial charge on any atom is -0.308 e. The van der Waals surface area contributed by atoms with Crippen LogP contribution in [0.25, 0.3) is 0 Å². The van der Waals surface area contributed by atoms with E-state index >= 15 is 0 Å². The summed E-state index contributed by atoms with van der Waals surface area (Å²) < 4.78 is 0. The fraction of sp³-hybridized carbons (Fsp3) is 0.167. The molecule has 0 atom stereocenters. The lowest BCUT2D eigenvalue weighted by atomic mass is 10.4. The van der Waals surface area contributed by atoms with Gasteiger partial charge in [0.25, 0.3) is 0 Å². The molecule has 0 aliphatic heterocycles. The molecule has 5 heteroatoms. The summed E-state index contributed by atoms with van der Waals surface area (Å²) in [6.45, 7) is 0. The first-order valence-corrected chi connectivity index (χ1v) is 3.96. The number of nitrogens with zero attached hydrogens (tertiary/aromatic N) is 2. The van der Waals surface area contributed by atoms with E-state index in [1.807, 2.05) is 6.26 Å². The van der Waals surface area contributed by atoms with E-state index in [2.05, 4.69) is 9.97 Å². The van der Waals surface area contributed by atoms with Gasteiger partial charge >= 0.3 is 0 Å². The summed E-state index contributed by atoms with van der Waals surface area (Å²) in [5.74, 6) is 0. The van der Waals surface area contributed by atoms with Gasteiger partial charge in [0.15, 0.2) is 5.16 Å². The molecule has 0 aliphatic carbocycles. The van der Waals surface area contributed by atoms with Crippen LogP contribution >= 0.6 is 24.2 Å². The van der Waals surface area contributed by atoms with Gasteiger partial charge in [0.1, 0.15) is 0 Å². The number of thioether (sulfide) groups is 1. The maximum atomic E-state index is 6.86. The smallest absolute Gasteiger partial charge is 0.187 e. The number of halogens is 1. The molecule has 1 rings (SSSR count). The molecule has 0 aliphatic rings. The lowest BCUT2D eigenvalue weighted by Gasteiger charge is -1.92. The van der Waals surface area contributed by atoms with Crippen LogP contribution in [0.4, 0.5) is 0 Å². The molecule has 0 saturated heterocycles. The van der Waals surface area contributed by atoms with Gasteiger partial charge in [-0.1, -0.05) is 11.8 Å². The highest BCUT2D eigenvalue weighted by molar-refractivity contribution is 7.98. The van der Waals surface area contributed by atoms with Crippen LogP contribution in [-0.4, -0.2) is 22.4 Å². The van der Waals surface area contributed by atoms with Crippen molar-refractivity contribution in [2.75, 3.05) is 6.26 Å². The van der Waals surface area contributed by atoms with Gasteiger partial charge in [-0.3, -0.25) is 0 Å². The summed E-state index contributed by atoms with van der Waals surface area (Å²) >= 11 is 1.49. The van der Waals surface area contributed by atoms with E-state index in [-0.39, 0.29) is 12.4 Å². The molecule has 1 N–H and O–H groups in total. The standard InChI is InChI=1S/C6H7N3S.ClH/c1-10-6-8-3-5(2-7)4-9-6;/h2-4,7H,1H3;1H. The van der Waals surface area contributed by atoms with E-state index in [1.165, 1.54) is 18.0 Å². The largest absolute Gasteiger partial charge is 0.308 e. The van der Waals surface area contributed by atoms with Gasteiger partial charge < -0.3 is 5.41 Å². The second-order valence-electron chi connectivity index (χ2n) is 1.65. The Balaban J connectivity index is 0.000001000. The van der Waals surface area contributed by atoms with Crippen LogP contribution in [0.5, 0.6) is 0 Å². The molecule has 0 aromatic carbocycles. The molecular weight excluding hydrogens is 182 g/mol. The number of nitrogens with one attached hydrogen (secondary N) is 1. The fourth-order valence-corrected chi connectivity index (χ4v) is 0.822. The molecule has 0 bridgehead atoms. The SMILES string of the molecule is CSc1ncc(C=N)cn1.Cl. The Morgan fingerprint density at radius 2 is 2.00 bits per heavy atom. The van der Waals surface area contributed by atoms with Crippen LogP contribution in [-0.2, 0) is 0 Å². The highest BCUT2D eigenvalue weighted by atomic mass is 35.5. The lowest BCUT2D eigenvalue weighted by molar-refractivity contribution is 0.967. The molecule has 3 nitrogen and oxygen atoms in total. The van der Waals surface area contributed by atoms with Crippen LogP contribution in [0, 0.1) is 5.41 Å². The van der Waals surface area contributed by atoms with Crippen molar-refractivity contribution in [3.63, 3.8) is 0 Å². The first-order chi connectivity index (χ1) is 4.86. The minimum atomic E-state index is 0. The van der Waals surface area contributed by atoms with E-state index in [4.69, 9.17) is 5.41 Å². The molecule has 0 unspecified atom stereocenters. The molecular formula is C6H8ClN3S. The predicted octanol–water partition coefficient (Wildman–Crippen LogP) is 1.62. The third kappa shape index (κ3) is 2.86. The summed E-state index contributed by atoms with van der Waals surface area (Å²) in [6, 6.07) is 0. The van der Waals surface area contributed by atoms with Gasteiger partial charge in [0, 0.05) is 24.2 Å². The third-order valence-electron chi connectivity index (χ3n) is 0.997. The van der Waals surface area contributed by atoms with Gasteiger partial charge in [-0.2, -0.15) is 0 Å². The molecule has 60 valence electrons. The van der Waals surface area contributed by atoms with Gasteiger partial charge in [-0.05, 0) is 6.26 Å². The van der Waals surface area contributed by atoms with E-state index in [1.54, 1.807) is 12.4 Å². The normalized spacial score (nSPS) is 8.45. The zero-order valence-corrected chi connectivity index (χ0v) is 7.58. The summed E-state index contributed by atoms with van der Waals surface area (Å²) in [5.41, 5.74) is 0.734. The van der Waals surface area contributed by atoms with Crippen LogP contribution in [0.2, 0.25) is 0 Å². The maximum Gasteiger partial charge on any atom is 0.187 e. The average molecular weight is 190 g/mol. The highest BCUT2D eigenvalue weighted by Gasteiger charge is 1.90. The van der Waals surface area contributed by atoms with E-state index in [0.29, 0.717) is 0 Å². The molecule has 11 heavy (non-hydrogen) atoms. The van der Waals surface area contributed by atoms with Crippen molar-refractivity contribution in [1.82, 2.24) is 9.97 Å². The molecule has 0 saturated carbocycles. The van der Waals surface area contributed by atoms with Crippen molar-refractivity contribution in [3.05, 3.63) is 18.0 Å². The molecule has 0 radical (unpaired) electrons. The lowest BCUT2D eigenvalue weighted by Crippen LogP contribution is -1.87. The van der Waals surface area contributed by atoms with Crippen molar-refractivity contribution in [2.45, 2.75) is 5.16 Å². The zero-order valence-electron chi connectivity index (χ0n) is 5.94. The number of hydrogen-bond donors (Lipinski definition) is 1. The monoisotopic (exact) mass is 189 g/mol. The van der Waals surface area contributed by atoms with Crippen molar-refractivity contribution in [3.8, 4) is 0 Å². The summed E-state index contributed by atoms with van der Waals surface area (Å²) in [4.78, 5) is 7.94. The second kappa shape index (κ2) is 5.09. The first-order valence-electron chi connectivity index (χ1n) is 2.73. The van der Waals surface area contributed by atoms with Gasteiger partial charge in [-0.25, -0.2) is 9.97 Å². The predicted molar refractivity (Wildman–Crippen MR) is 48.9 cm³/mol. The van der Waals surface area contributed by atoms with Crippen molar-refractivity contribution in [1.29, 1.82) is 5.41 Å². The van der Waals surface area contributed by atoms with Crippen LogP contribution < -0.4 is 0 Å². The molecule has 1 heterocycles. The van der Waals surface area contributed by atoms with E-state index < -0.39 is 0 Å². The van der Waals surface area contributed by atoms with Gasteiger partial charge in [-0.15, -0.1) is 12.4 Å². The van der Waals surface area contributed by atoms with Crippen molar-refractivity contribution < 1.29 is 0 Å². The Morgan fingerprint density at radius 3 is 2.36 bits per heavy atom.